The third-order valence-corrected chi connectivity index (χ3v) is 4.10. The quantitative estimate of drug-likeness (QED) is 0.602. The molecule has 1 N–H and O–H groups in total. The second kappa shape index (κ2) is 6.84. The van der Waals surface area contributed by atoms with Crippen LogP contribution in [0.4, 0.5) is 10.2 Å². The summed E-state index contributed by atoms with van der Waals surface area (Å²) in [5, 5.41) is 12.4. The van der Waals surface area contributed by atoms with Gasteiger partial charge in [0.2, 0.25) is 0 Å². The Labute approximate surface area is 150 Å². The van der Waals surface area contributed by atoms with Crippen LogP contribution in [0.25, 0.3) is 22.0 Å². The number of nitrogens with zero attached hydrogens (tertiary/aromatic N) is 4. The number of halogens is 1. The molecule has 4 aromatic rings. The van der Waals surface area contributed by atoms with Crippen LogP contribution in [0.3, 0.4) is 0 Å². The van der Waals surface area contributed by atoms with Crippen molar-refractivity contribution in [1.29, 1.82) is 0 Å². The van der Waals surface area contributed by atoms with Crippen molar-refractivity contribution in [3.05, 3.63) is 78.1 Å². The molecule has 0 bridgehead atoms. The van der Waals surface area contributed by atoms with Gasteiger partial charge in [0, 0.05) is 5.39 Å². The molecule has 0 atom stereocenters. The first kappa shape index (κ1) is 16.1. The van der Waals surface area contributed by atoms with Gasteiger partial charge in [-0.3, -0.25) is 0 Å². The summed E-state index contributed by atoms with van der Waals surface area (Å²) in [6, 6.07) is 16.2. The van der Waals surface area contributed by atoms with Crippen LogP contribution < -0.4 is 5.32 Å². The van der Waals surface area contributed by atoms with Gasteiger partial charge in [0.1, 0.15) is 18.0 Å². The maximum Gasteiger partial charge on any atom is 0.137 e. The van der Waals surface area contributed by atoms with E-state index in [1.54, 1.807) is 12.1 Å². The molecule has 0 aliphatic heterocycles. The first-order valence-electron chi connectivity index (χ1n) is 8.23. The SMILES string of the molecule is Cc1ccc(CNc2ncnc3ccc(-c4ccc(F)cc4)cc23)nn1. The highest BCUT2D eigenvalue weighted by molar-refractivity contribution is 5.92. The summed E-state index contributed by atoms with van der Waals surface area (Å²) in [6.07, 6.45) is 1.53. The third-order valence-electron chi connectivity index (χ3n) is 4.10. The van der Waals surface area contributed by atoms with Crippen LogP contribution in [-0.4, -0.2) is 20.2 Å². The van der Waals surface area contributed by atoms with Crippen molar-refractivity contribution in [2.75, 3.05) is 5.32 Å². The van der Waals surface area contributed by atoms with Crippen LogP contribution in [0, 0.1) is 12.7 Å². The van der Waals surface area contributed by atoms with E-state index in [-0.39, 0.29) is 5.82 Å². The predicted octanol–water partition coefficient (Wildman–Crippen LogP) is 4.15. The average molecular weight is 345 g/mol. The molecule has 4 rings (SSSR count). The zero-order valence-electron chi connectivity index (χ0n) is 14.1. The zero-order chi connectivity index (χ0) is 17.9. The normalized spacial score (nSPS) is 10.8. The Morgan fingerprint density at radius 2 is 1.69 bits per heavy atom. The van der Waals surface area contributed by atoms with Gasteiger partial charge < -0.3 is 5.32 Å². The molecular formula is C20H16FN5. The average Bonchev–Trinajstić information content (AvgIpc) is 2.68. The maximum atomic E-state index is 13.2. The minimum Gasteiger partial charge on any atom is -0.364 e. The molecule has 128 valence electrons. The molecule has 0 aliphatic rings. The molecule has 5 nitrogen and oxygen atoms in total. The van der Waals surface area contributed by atoms with Gasteiger partial charge in [-0.25, -0.2) is 14.4 Å². The Morgan fingerprint density at radius 3 is 2.46 bits per heavy atom. The second-order valence-corrected chi connectivity index (χ2v) is 5.98. The summed E-state index contributed by atoms with van der Waals surface area (Å²) in [6.45, 7) is 2.42. The van der Waals surface area contributed by atoms with E-state index in [4.69, 9.17) is 0 Å². The van der Waals surface area contributed by atoms with Gasteiger partial charge >= 0.3 is 0 Å². The molecule has 26 heavy (non-hydrogen) atoms. The third kappa shape index (κ3) is 3.35. The lowest BCUT2D eigenvalue weighted by molar-refractivity contribution is 0.628. The van der Waals surface area contributed by atoms with Gasteiger partial charge in [0.05, 0.1) is 23.4 Å². The molecule has 2 heterocycles. The lowest BCUT2D eigenvalue weighted by Crippen LogP contribution is -2.05. The number of rotatable bonds is 4. The van der Waals surface area contributed by atoms with Crippen molar-refractivity contribution < 1.29 is 4.39 Å². The Balaban J connectivity index is 1.66. The van der Waals surface area contributed by atoms with Gasteiger partial charge in [-0.15, -0.1) is 0 Å². The number of hydrogen-bond donors (Lipinski definition) is 1. The first-order valence-corrected chi connectivity index (χ1v) is 8.23. The topological polar surface area (TPSA) is 63.6 Å². The number of hydrogen-bond acceptors (Lipinski definition) is 5. The maximum absolute atomic E-state index is 13.2. The van der Waals surface area contributed by atoms with E-state index in [0.29, 0.717) is 6.54 Å². The Kier molecular flexibility index (Phi) is 4.23. The molecule has 0 radical (unpaired) electrons. The minimum atomic E-state index is -0.251. The van der Waals surface area contributed by atoms with E-state index in [9.17, 15) is 4.39 Å². The van der Waals surface area contributed by atoms with Crippen LogP contribution in [0.5, 0.6) is 0 Å². The number of aryl methyl sites for hydroxylation is 1. The summed E-state index contributed by atoms with van der Waals surface area (Å²) in [4.78, 5) is 8.68. The molecular weight excluding hydrogens is 329 g/mol. The van der Waals surface area contributed by atoms with Gasteiger partial charge in [0.15, 0.2) is 0 Å². The second-order valence-electron chi connectivity index (χ2n) is 5.98. The highest BCUT2D eigenvalue weighted by Crippen LogP contribution is 2.27. The van der Waals surface area contributed by atoms with E-state index in [2.05, 4.69) is 25.5 Å². The molecule has 0 aliphatic carbocycles. The van der Waals surface area contributed by atoms with Crippen molar-refractivity contribution in [1.82, 2.24) is 20.2 Å². The van der Waals surface area contributed by atoms with Crippen LogP contribution in [0.1, 0.15) is 11.4 Å². The van der Waals surface area contributed by atoms with Gasteiger partial charge in [-0.1, -0.05) is 18.2 Å². The smallest absolute Gasteiger partial charge is 0.137 e. The van der Waals surface area contributed by atoms with Crippen LogP contribution in [0.2, 0.25) is 0 Å². The molecule has 2 aromatic heterocycles. The molecule has 0 saturated carbocycles. The molecule has 6 heteroatoms. The highest BCUT2D eigenvalue weighted by atomic mass is 19.1. The van der Waals surface area contributed by atoms with E-state index < -0.39 is 0 Å². The largest absolute Gasteiger partial charge is 0.364 e. The van der Waals surface area contributed by atoms with Crippen molar-refractivity contribution in [2.45, 2.75) is 13.5 Å². The van der Waals surface area contributed by atoms with E-state index in [1.165, 1.54) is 18.5 Å². The minimum absolute atomic E-state index is 0.251. The van der Waals surface area contributed by atoms with E-state index in [1.807, 2.05) is 37.3 Å². The summed E-state index contributed by atoms with van der Waals surface area (Å²) >= 11 is 0. The number of anilines is 1. The van der Waals surface area contributed by atoms with Gasteiger partial charge in [0.25, 0.3) is 0 Å². The molecule has 0 unspecified atom stereocenters. The van der Waals surface area contributed by atoms with Crippen molar-refractivity contribution in [3.8, 4) is 11.1 Å². The van der Waals surface area contributed by atoms with E-state index in [0.717, 1.165) is 39.2 Å². The Morgan fingerprint density at radius 1 is 0.885 bits per heavy atom. The number of aromatic nitrogens is 4. The molecule has 0 fully saturated rings. The van der Waals surface area contributed by atoms with Crippen molar-refractivity contribution in [3.63, 3.8) is 0 Å². The lowest BCUT2D eigenvalue weighted by atomic mass is 10.0. The molecule has 0 spiro atoms. The predicted molar refractivity (Wildman–Crippen MR) is 99.0 cm³/mol. The standard InChI is InChI=1S/C20H16FN5/c1-13-2-8-17(26-25-13)11-22-20-18-10-15(5-9-19(18)23-12-24-20)14-3-6-16(21)7-4-14/h2-10,12H,11H2,1H3,(H,22,23,24). The van der Waals surface area contributed by atoms with Gasteiger partial charge in [-0.2, -0.15) is 10.2 Å². The van der Waals surface area contributed by atoms with Crippen LogP contribution in [0.15, 0.2) is 60.9 Å². The fourth-order valence-corrected chi connectivity index (χ4v) is 2.71. The van der Waals surface area contributed by atoms with Crippen LogP contribution >= 0.6 is 0 Å². The summed E-state index contributed by atoms with van der Waals surface area (Å²) in [7, 11) is 0. The number of fused-ring (bicyclic) bond motifs is 1. The molecule has 2 aromatic carbocycles. The Hall–Kier alpha value is -3.41. The summed E-state index contributed by atoms with van der Waals surface area (Å²) in [5.74, 6) is 0.473. The summed E-state index contributed by atoms with van der Waals surface area (Å²) < 4.78 is 13.2. The number of nitrogens with one attached hydrogen (secondary N) is 1. The molecule has 0 amide bonds. The lowest BCUT2D eigenvalue weighted by Gasteiger charge is -2.09. The fourth-order valence-electron chi connectivity index (χ4n) is 2.71. The van der Waals surface area contributed by atoms with Gasteiger partial charge in [-0.05, 0) is 54.4 Å². The van der Waals surface area contributed by atoms with Crippen LogP contribution in [-0.2, 0) is 6.54 Å². The van der Waals surface area contributed by atoms with Crippen molar-refractivity contribution >= 4 is 16.7 Å². The highest BCUT2D eigenvalue weighted by Gasteiger charge is 2.07. The zero-order valence-corrected chi connectivity index (χ0v) is 14.1. The monoisotopic (exact) mass is 345 g/mol. The fraction of sp³-hybridized carbons (Fsp3) is 0.100. The number of benzene rings is 2. The molecule has 0 saturated heterocycles. The van der Waals surface area contributed by atoms with Crippen molar-refractivity contribution in [2.24, 2.45) is 0 Å². The summed E-state index contributed by atoms with van der Waals surface area (Å²) in [5.41, 5.74) is 4.46. The Bertz CT molecular complexity index is 1050. The first-order chi connectivity index (χ1) is 12.7. The van der Waals surface area contributed by atoms with E-state index >= 15 is 0 Å².